The molecule has 0 aliphatic heterocycles. The second kappa shape index (κ2) is 6.17. The van der Waals surface area contributed by atoms with Crippen molar-refractivity contribution in [2.45, 2.75) is 12.8 Å². The summed E-state index contributed by atoms with van der Waals surface area (Å²) in [4.78, 5) is 11.0. The first-order valence-electron chi connectivity index (χ1n) is 5.04. The predicted octanol–water partition coefficient (Wildman–Crippen LogP) is 0.972. The third kappa shape index (κ3) is 3.94. The first kappa shape index (κ1) is 12.6. The molecule has 16 heavy (non-hydrogen) atoms. The smallest absolute Gasteiger partial charge is 0.221 e. The summed E-state index contributed by atoms with van der Waals surface area (Å²) in [5, 5.41) is 2.59. The summed E-state index contributed by atoms with van der Waals surface area (Å²) in [6.45, 7) is 0.609. The monoisotopic (exact) mass is 228 g/mol. The van der Waals surface area contributed by atoms with Crippen molar-refractivity contribution in [3.63, 3.8) is 0 Å². The van der Waals surface area contributed by atoms with Crippen molar-refractivity contribution in [2.24, 2.45) is 5.73 Å². The molecule has 0 heterocycles. The van der Waals surface area contributed by atoms with Crippen molar-refractivity contribution >= 4 is 5.91 Å². The van der Waals surface area contributed by atoms with Gasteiger partial charge in [0.1, 0.15) is 11.6 Å². The Morgan fingerprint density at radius 2 is 2.12 bits per heavy atom. The van der Waals surface area contributed by atoms with Gasteiger partial charge < -0.3 is 11.1 Å². The summed E-state index contributed by atoms with van der Waals surface area (Å²) in [6, 6.07) is 3.40. The Kier molecular flexibility index (Phi) is 4.85. The highest BCUT2D eigenvalue weighted by molar-refractivity contribution is 5.75. The molecule has 0 saturated carbocycles. The summed E-state index contributed by atoms with van der Waals surface area (Å²) in [5.74, 6) is -1.36. The van der Waals surface area contributed by atoms with Crippen molar-refractivity contribution in [1.29, 1.82) is 0 Å². The number of carbonyl (C=O) groups excluding carboxylic acids is 1. The fourth-order valence-electron chi connectivity index (χ4n) is 1.28. The molecule has 1 amide bonds. The van der Waals surface area contributed by atoms with Crippen LogP contribution in [0.15, 0.2) is 18.2 Å². The van der Waals surface area contributed by atoms with Gasteiger partial charge in [-0.15, -0.1) is 0 Å². The van der Waals surface area contributed by atoms with Crippen molar-refractivity contribution in [1.82, 2.24) is 5.32 Å². The lowest BCUT2D eigenvalue weighted by Crippen LogP contribution is -2.27. The molecule has 1 aromatic carbocycles. The minimum absolute atomic E-state index is 0.162. The molecule has 0 spiro atoms. The van der Waals surface area contributed by atoms with E-state index in [0.29, 0.717) is 18.5 Å². The van der Waals surface area contributed by atoms with Crippen molar-refractivity contribution in [2.75, 3.05) is 13.1 Å². The van der Waals surface area contributed by atoms with Gasteiger partial charge in [-0.2, -0.15) is 0 Å². The topological polar surface area (TPSA) is 55.1 Å². The average Bonchev–Trinajstić information content (AvgIpc) is 2.22. The lowest BCUT2D eigenvalue weighted by molar-refractivity contribution is -0.120. The molecular formula is C11H14F2N2O. The highest BCUT2D eigenvalue weighted by atomic mass is 19.1. The summed E-state index contributed by atoms with van der Waals surface area (Å²) in [7, 11) is 0. The molecular weight excluding hydrogens is 214 g/mol. The van der Waals surface area contributed by atoms with Crippen LogP contribution in [0.5, 0.6) is 0 Å². The Labute approximate surface area is 92.6 Å². The number of carbonyl (C=O) groups is 1. The van der Waals surface area contributed by atoms with E-state index in [1.807, 2.05) is 0 Å². The van der Waals surface area contributed by atoms with Crippen molar-refractivity contribution < 1.29 is 13.6 Å². The highest BCUT2D eigenvalue weighted by Crippen LogP contribution is 2.09. The molecule has 3 nitrogen and oxygen atoms in total. The number of amides is 1. The fourth-order valence-corrected chi connectivity index (χ4v) is 1.28. The van der Waals surface area contributed by atoms with E-state index in [9.17, 15) is 13.6 Å². The summed E-state index contributed by atoms with van der Waals surface area (Å²) in [6.07, 6.45) is 0.592. The van der Waals surface area contributed by atoms with Gasteiger partial charge in [0.2, 0.25) is 5.91 Å². The van der Waals surface area contributed by atoms with Gasteiger partial charge in [0.25, 0.3) is 0 Å². The maximum Gasteiger partial charge on any atom is 0.221 e. The standard InChI is InChI=1S/C11H14F2N2O/c12-9-2-1-8(10(13)7-9)4-6-15-11(16)3-5-14/h1-2,7H,3-6,14H2,(H,15,16). The van der Waals surface area contributed by atoms with Gasteiger partial charge in [-0.05, 0) is 18.1 Å². The van der Waals surface area contributed by atoms with Crippen LogP contribution in [-0.4, -0.2) is 19.0 Å². The van der Waals surface area contributed by atoms with E-state index in [0.717, 1.165) is 6.07 Å². The van der Waals surface area contributed by atoms with Gasteiger partial charge in [-0.1, -0.05) is 6.07 Å². The molecule has 0 atom stereocenters. The number of benzene rings is 1. The Morgan fingerprint density at radius 3 is 2.75 bits per heavy atom. The van der Waals surface area contributed by atoms with E-state index in [-0.39, 0.29) is 18.9 Å². The van der Waals surface area contributed by atoms with Crippen LogP contribution in [0.3, 0.4) is 0 Å². The minimum Gasteiger partial charge on any atom is -0.356 e. The highest BCUT2D eigenvalue weighted by Gasteiger charge is 2.04. The SMILES string of the molecule is NCCC(=O)NCCc1ccc(F)cc1F. The van der Waals surface area contributed by atoms with Crippen molar-refractivity contribution in [3.8, 4) is 0 Å². The number of rotatable bonds is 5. The number of halogens is 2. The van der Waals surface area contributed by atoms with E-state index >= 15 is 0 Å². The first-order valence-corrected chi connectivity index (χ1v) is 5.04. The summed E-state index contributed by atoms with van der Waals surface area (Å²) < 4.78 is 25.7. The van der Waals surface area contributed by atoms with E-state index < -0.39 is 11.6 Å². The average molecular weight is 228 g/mol. The number of hydrogen-bond donors (Lipinski definition) is 2. The Morgan fingerprint density at radius 1 is 1.38 bits per heavy atom. The van der Waals surface area contributed by atoms with Gasteiger partial charge in [0, 0.05) is 25.6 Å². The van der Waals surface area contributed by atoms with E-state index in [1.54, 1.807) is 0 Å². The minimum atomic E-state index is -0.603. The van der Waals surface area contributed by atoms with Gasteiger partial charge in [-0.25, -0.2) is 8.78 Å². The molecule has 0 aliphatic rings. The molecule has 0 saturated heterocycles. The maximum absolute atomic E-state index is 13.2. The Hall–Kier alpha value is -1.49. The molecule has 1 aromatic rings. The van der Waals surface area contributed by atoms with Crippen molar-refractivity contribution in [3.05, 3.63) is 35.4 Å². The van der Waals surface area contributed by atoms with Crippen LogP contribution in [0.4, 0.5) is 8.78 Å². The van der Waals surface area contributed by atoms with Crippen LogP contribution in [-0.2, 0) is 11.2 Å². The Bertz CT molecular complexity index is 369. The lowest BCUT2D eigenvalue weighted by atomic mass is 10.1. The van der Waals surface area contributed by atoms with Gasteiger partial charge in [0.05, 0.1) is 0 Å². The third-order valence-corrected chi connectivity index (χ3v) is 2.10. The van der Waals surface area contributed by atoms with Crippen LogP contribution >= 0.6 is 0 Å². The first-order chi connectivity index (χ1) is 7.63. The molecule has 88 valence electrons. The summed E-state index contributed by atoms with van der Waals surface area (Å²) in [5.41, 5.74) is 5.57. The van der Waals surface area contributed by atoms with Crippen LogP contribution in [0, 0.1) is 11.6 Å². The molecule has 0 aliphatic carbocycles. The molecule has 0 fully saturated rings. The number of hydrogen-bond acceptors (Lipinski definition) is 2. The normalized spacial score (nSPS) is 10.2. The fraction of sp³-hybridized carbons (Fsp3) is 0.364. The maximum atomic E-state index is 13.2. The zero-order chi connectivity index (χ0) is 12.0. The zero-order valence-corrected chi connectivity index (χ0v) is 8.80. The molecule has 0 aromatic heterocycles. The quantitative estimate of drug-likeness (QED) is 0.789. The van der Waals surface area contributed by atoms with E-state index in [1.165, 1.54) is 12.1 Å². The van der Waals surface area contributed by atoms with E-state index in [2.05, 4.69) is 5.32 Å². The van der Waals surface area contributed by atoms with Gasteiger partial charge >= 0.3 is 0 Å². The van der Waals surface area contributed by atoms with Crippen LogP contribution in [0.1, 0.15) is 12.0 Å². The van der Waals surface area contributed by atoms with Gasteiger partial charge in [0.15, 0.2) is 0 Å². The lowest BCUT2D eigenvalue weighted by Gasteiger charge is -2.05. The van der Waals surface area contributed by atoms with Crippen LogP contribution in [0.2, 0.25) is 0 Å². The largest absolute Gasteiger partial charge is 0.356 e. The zero-order valence-electron chi connectivity index (χ0n) is 8.80. The molecule has 0 bridgehead atoms. The number of nitrogens with one attached hydrogen (secondary N) is 1. The number of nitrogens with two attached hydrogens (primary N) is 1. The predicted molar refractivity (Wildman–Crippen MR) is 56.7 cm³/mol. The molecule has 5 heteroatoms. The summed E-state index contributed by atoms with van der Waals surface area (Å²) >= 11 is 0. The second-order valence-corrected chi connectivity index (χ2v) is 3.37. The molecule has 0 radical (unpaired) electrons. The van der Waals surface area contributed by atoms with Gasteiger partial charge in [-0.3, -0.25) is 4.79 Å². The second-order valence-electron chi connectivity index (χ2n) is 3.37. The molecule has 3 N–H and O–H groups in total. The molecule has 1 rings (SSSR count). The van der Waals surface area contributed by atoms with Crippen LogP contribution < -0.4 is 11.1 Å². The molecule has 0 unspecified atom stereocenters. The van der Waals surface area contributed by atoms with E-state index in [4.69, 9.17) is 5.73 Å². The van der Waals surface area contributed by atoms with Crippen LogP contribution in [0.25, 0.3) is 0 Å². The Balaban J connectivity index is 2.40. The third-order valence-electron chi connectivity index (χ3n) is 2.10.